The van der Waals surface area contributed by atoms with Crippen molar-refractivity contribution >= 4 is 8.32 Å². The van der Waals surface area contributed by atoms with Crippen LogP contribution in [0.3, 0.4) is 0 Å². The molecule has 4 nitrogen and oxygen atoms in total. The number of ether oxygens (including phenoxy) is 1. The number of rotatable bonds is 27. The van der Waals surface area contributed by atoms with Crippen LogP contribution in [0.4, 0.5) is 0 Å². The Balaban J connectivity index is 4.08. The summed E-state index contributed by atoms with van der Waals surface area (Å²) in [4.78, 5) is 0. The predicted octanol–water partition coefficient (Wildman–Crippen LogP) is 8.19. The van der Waals surface area contributed by atoms with Gasteiger partial charge in [-0.25, -0.2) is 0 Å². The van der Waals surface area contributed by atoms with Gasteiger partial charge in [-0.2, -0.15) is 0 Å². The molecule has 0 amide bonds. The normalized spacial score (nSPS) is 13.0. The molecule has 0 aliphatic heterocycles. The monoisotopic (exact) mass is 487 g/mol. The van der Waals surface area contributed by atoms with Crippen molar-refractivity contribution in [1.29, 1.82) is 0 Å². The number of aliphatic hydroxyl groups is 1. The third kappa shape index (κ3) is 25.0. The lowest BCUT2D eigenvalue weighted by Gasteiger charge is -2.29. The van der Waals surface area contributed by atoms with Gasteiger partial charge < -0.3 is 19.6 Å². The lowest BCUT2D eigenvalue weighted by atomic mass is 10.1. The summed E-state index contributed by atoms with van der Waals surface area (Å²) in [5, 5.41) is 12.3. The summed E-state index contributed by atoms with van der Waals surface area (Å²) in [5.41, 5.74) is 0. The third-order valence-electron chi connectivity index (χ3n) is 6.44. The molecule has 0 aromatic rings. The number of hydrogen-bond donors (Lipinski definition) is 2. The molecule has 0 bridgehead atoms. The highest BCUT2D eigenvalue weighted by Gasteiger charge is 2.26. The van der Waals surface area contributed by atoms with Crippen molar-refractivity contribution in [3.8, 4) is 0 Å². The van der Waals surface area contributed by atoms with Crippen LogP contribution in [0.25, 0.3) is 0 Å². The Bertz CT molecular complexity index is 382. The minimum absolute atomic E-state index is 0.0153. The molecule has 0 aromatic heterocycles. The first-order valence-corrected chi connectivity index (χ1v) is 17.8. The molecule has 0 aromatic carbocycles. The molecule has 0 saturated carbocycles. The van der Waals surface area contributed by atoms with Crippen LogP contribution < -0.4 is 5.32 Å². The summed E-state index contributed by atoms with van der Waals surface area (Å²) in [6, 6.07) is 1.26. The zero-order chi connectivity index (χ0) is 24.5. The topological polar surface area (TPSA) is 50.7 Å². The van der Waals surface area contributed by atoms with E-state index in [9.17, 15) is 0 Å². The second-order valence-corrected chi connectivity index (χ2v) is 14.7. The molecular weight excluding hydrogens is 426 g/mol. The quantitative estimate of drug-likeness (QED) is 0.0696. The minimum Gasteiger partial charge on any atom is -0.396 e. The third-order valence-corrected chi connectivity index (χ3v) is 8.90. The molecule has 1 atom stereocenters. The van der Waals surface area contributed by atoms with Crippen molar-refractivity contribution in [3.05, 3.63) is 0 Å². The van der Waals surface area contributed by atoms with Crippen LogP contribution in [0.15, 0.2) is 0 Å². The lowest BCUT2D eigenvalue weighted by molar-refractivity contribution is -0.0926. The fourth-order valence-corrected chi connectivity index (χ4v) is 6.36. The SMILES string of the molecule is CCCCCCCC[Si](C)(C)OC(CCCCCCC)OCCCCCCNCCCCO. The molecule has 5 heteroatoms. The van der Waals surface area contributed by atoms with E-state index in [4.69, 9.17) is 14.3 Å². The molecule has 1 unspecified atom stereocenters. The molecule has 0 heterocycles. The Kier molecular flexibility index (Phi) is 25.2. The lowest BCUT2D eigenvalue weighted by Crippen LogP contribution is -2.36. The van der Waals surface area contributed by atoms with Crippen molar-refractivity contribution in [2.45, 2.75) is 155 Å². The zero-order valence-corrected chi connectivity index (χ0v) is 24.1. The smallest absolute Gasteiger partial charge is 0.190 e. The van der Waals surface area contributed by atoms with Gasteiger partial charge in [0.1, 0.15) is 6.29 Å². The predicted molar refractivity (Wildman–Crippen MR) is 148 cm³/mol. The molecule has 0 rings (SSSR count). The van der Waals surface area contributed by atoms with Crippen molar-refractivity contribution < 1.29 is 14.3 Å². The van der Waals surface area contributed by atoms with E-state index in [1.807, 2.05) is 0 Å². The summed E-state index contributed by atoms with van der Waals surface area (Å²) in [6.45, 7) is 12.6. The average molecular weight is 488 g/mol. The van der Waals surface area contributed by atoms with Gasteiger partial charge in [-0.1, -0.05) is 90.9 Å². The van der Waals surface area contributed by atoms with E-state index < -0.39 is 8.32 Å². The Morgan fingerprint density at radius 1 is 0.667 bits per heavy atom. The number of nitrogens with one attached hydrogen (secondary N) is 1. The standard InChI is InChI=1S/C28H61NO3Si/c1-5-7-9-11-15-21-27-33(3,4)32-28(22-16-12-10-8-6-2)31-26-20-14-13-17-23-29-24-18-19-25-30/h28-30H,5-27H2,1-4H3. The van der Waals surface area contributed by atoms with Crippen LogP contribution in [-0.2, 0) is 9.16 Å². The van der Waals surface area contributed by atoms with Crippen molar-refractivity contribution in [1.82, 2.24) is 5.32 Å². The molecule has 0 radical (unpaired) electrons. The highest BCUT2D eigenvalue weighted by molar-refractivity contribution is 6.71. The number of hydrogen-bond acceptors (Lipinski definition) is 4. The maximum absolute atomic E-state index is 8.80. The van der Waals surface area contributed by atoms with E-state index in [1.54, 1.807) is 0 Å². The van der Waals surface area contributed by atoms with Crippen LogP contribution in [0.1, 0.15) is 129 Å². The first kappa shape index (κ1) is 33.1. The number of aliphatic hydroxyl groups excluding tert-OH is 1. The molecule has 0 saturated heterocycles. The van der Waals surface area contributed by atoms with E-state index in [-0.39, 0.29) is 6.29 Å². The Labute approximate surface area is 209 Å². The van der Waals surface area contributed by atoms with Crippen LogP contribution in [-0.4, -0.2) is 46.0 Å². The molecular formula is C28H61NO3Si. The van der Waals surface area contributed by atoms with Gasteiger partial charge in [0, 0.05) is 13.2 Å². The van der Waals surface area contributed by atoms with Gasteiger partial charge in [-0.05, 0) is 70.8 Å². The summed E-state index contributed by atoms with van der Waals surface area (Å²) < 4.78 is 12.9. The van der Waals surface area contributed by atoms with Gasteiger partial charge in [0.2, 0.25) is 0 Å². The minimum atomic E-state index is -1.66. The highest BCUT2D eigenvalue weighted by atomic mass is 28.4. The van der Waals surface area contributed by atoms with E-state index >= 15 is 0 Å². The number of unbranched alkanes of at least 4 members (excludes halogenated alkanes) is 13. The molecule has 0 aliphatic rings. The first-order valence-electron chi connectivity index (χ1n) is 14.7. The van der Waals surface area contributed by atoms with Gasteiger partial charge >= 0.3 is 0 Å². The largest absolute Gasteiger partial charge is 0.396 e. The van der Waals surface area contributed by atoms with Gasteiger partial charge in [0.05, 0.1) is 0 Å². The van der Waals surface area contributed by atoms with Gasteiger partial charge in [-0.3, -0.25) is 0 Å². The van der Waals surface area contributed by atoms with Gasteiger partial charge in [0.15, 0.2) is 8.32 Å². The maximum Gasteiger partial charge on any atom is 0.190 e. The fourth-order valence-electron chi connectivity index (χ4n) is 4.24. The fraction of sp³-hybridized carbons (Fsp3) is 1.00. The Hall–Kier alpha value is 0.0569. The molecule has 0 aliphatic carbocycles. The van der Waals surface area contributed by atoms with Crippen LogP contribution in [0, 0.1) is 0 Å². The zero-order valence-electron chi connectivity index (χ0n) is 23.1. The van der Waals surface area contributed by atoms with E-state index in [0.29, 0.717) is 6.61 Å². The second-order valence-electron chi connectivity index (χ2n) is 10.5. The summed E-state index contributed by atoms with van der Waals surface area (Å²) >= 11 is 0. The van der Waals surface area contributed by atoms with Crippen LogP contribution >= 0.6 is 0 Å². The van der Waals surface area contributed by atoms with E-state index in [0.717, 1.165) is 45.4 Å². The Morgan fingerprint density at radius 3 is 1.88 bits per heavy atom. The van der Waals surface area contributed by atoms with Gasteiger partial charge in [-0.15, -0.1) is 0 Å². The Morgan fingerprint density at radius 2 is 1.21 bits per heavy atom. The van der Waals surface area contributed by atoms with E-state index in [2.05, 4.69) is 32.3 Å². The molecule has 33 heavy (non-hydrogen) atoms. The van der Waals surface area contributed by atoms with Crippen molar-refractivity contribution in [2.75, 3.05) is 26.3 Å². The van der Waals surface area contributed by atoms with Crippen molar-refractivity contribution in [3.63, 3.8) is 0 Å². The highest BCUT2D eigenvalue weighted by Crippen LogP contribution is 2.22. The summed E-state index contributed by atoms with van der Waals surface area (Å²) in [5.74, 6) is 0. The first-order chi connectivity index (χ1) is 16.1. The molecule has 0 fully saturated rings. The van der Waals surface area contributed by atoms with Crippen molar-refractivity contribution in [2.24, 2.45) is 0 Å². The molecule has 0 spiro atoms. The van der Waals surface area contributed by atoms with Crippen LogP contribution in [0.5, 0.6) is 0 Å². The molecule has 200 valence electrons. The van der Waals surface area contributed by atoms with E-state index in [1.165, 1.54) is 95.9 Å². The summed E-state index contributed by atoms with van der Waals surface area (Å²) in [7, 11) is -1.66. The van der Waals surface area contributed by atoms with Gasteiger partial charge in [0.25, 0.3) is 0 Å². The molecule has 2 N–H and O–H groups in total. The maximum atomic E-state index is 8.80. The average Bonchev–Trinajstić information content (AvgIpc) is 2.79. The van der Waals surface area contributed by atoms with Crippen LogP contribution in [0.2, 0.25) is 19.1 Å². The second kappa shape index (κ2) is 25.2. The summed E-state index contributed by atoms with van der Waals surface area (Å²) in [6.07, 6.45) is 22.6.